The van der Waals surface area contributed by atoms with Gasteiger partial charge in [0.15, 0.2) is 5.69 Å². The first kappa shape index (κ1) is 14.9. The van der Waals surface area contributed by atoms with Gasteiger partial charge in [0, 0.05) is 13.6 Å². The minimum atomic E-state index is -0.709. The smallest absolute Gasteiger partial charge is 0.360 e. The van der Waals surface area contributed by atoms with Gasteiger partial charge < -0.3 is 14.4 Å². The van der Waals surface area contributed by atoms with Gasteiger partial charge in [-0.2, -0.15) is 0 Å². The lowest BCUT2D eigenvalue weighted by atomic mass is 10.2. The van der Waals surface area contributed by atoms with Crippen molar-refractivity contribution in [3.8, 4) is 0 Å². The van der Waals surface area contributed by atoms with Gasteiger partial charge in [0.1, 0.15) is 6.04 Å². The van der Waals surface area contributed by atoms with Crippen molar-refractivity contribution in [3.63, 3.8) is 0 Å². The molecule has 1 aromatic heterocycles. The Morgan fingerprint density at radius 3 is 2.57 bits per heavy atom. The molecular weight excluding hydrogens is 280 g/mol. The van der Waals surface area contributed by atoms with Crippen molar-refractivity contribution in [2.45, 2.75) is 18.9 Å². The second-order valence-electron chi connectivity index (χ2n) is 4.64. The molecule has 21 heavy (non-hydrogen) atoms. The fraction of sp³-hybridized carbons (Fsp3) is 0.583. The van der Waals surface area contributed by atoms with Gasteiger partial charge in [-0.05, 0) is 6.42 Å². The normalized spacial score (nSPS) is 18.0. The van der Waals surface area contributed by atoms with Crippen molar-refractivity contribution in [2.24, 2.45) is 0 Å². The number of methoxy groups -OCH3 is 2. The first-order valence-corrected chi connectivity index (χ1v) is 6.33. The van der Waals surface area contributed by atoms with Crippen LogP contribution in [0.3, 0.4) is 0 Å². The Morgan fingerprint density at radius 2 is 2.05 bits per heavy atom. The van der Waals surface area contributed by atoms with Crippen molar-refractivity contribution in [1.82, 2.24) is 19.9 Å². The number of likely N-dealkylation sites (N-methyl/N-ethyl adjacent to an activating group) is 1. The number of ether oxygens (including phenoxy) is 2. The highest BCUT2D eigenvalue weighted by Gasteiger charge is 2.35. The minimum Gasteiger partial charge on any atom is -0.469 e. The van der Waals surface area contributed by atoms with E-state index in [1.54, 1.807) is 11.9 Å². The van der Waals surface area contributed by atoms with Crippen LogP contribution in [0, 0.1) is 0 Å². The zero-order chi connectivity index (χ0) is 15.6. The number of esters is 2. The van der Waals surface area contributed by atoms with Gasteiger partial charge >= 0.3 is 11.9 Å². The van der Waals surface area contributed by atoms with Crippen LogP contribution in [-0.4, -0.2) is 65.6 Å². The Labute approximate surface area is 120 Å². The van der Waals surface area contributed by atoms with E-state index in [0.717, 1.165) is 0 Å². The lowest BCUT2D eigenvalue weighted by molar-refractivity contribution is -0.140. The second-order valence-corrected chi connectivity index (χ2v) is 4.64. The maximum Gasteiger partial charge on any atom is 0.360 e. The number of amides is 1. The zero-order valence-corrected chi connectivity index (χ0v) is 12.0. The van der Waals surface area contributed by atoms with Crippen molar-refractivity contribution < 1.29 is 23.9 Å². The van der Waals surface area contributed by atoms with E-state index < -0.39 is 18.0 Å². The predicted octanol–water partition coefficient (Wildman–Crippen LogP) is -0.817. The van der Waals surface area contributed by atoms with Crippen LogP contribution < -0.4 is 0 Å². The topological polar surface area (TPSA) is 104 Å². The summed E-state index contributed by atoms with van der Waals surface area (Å²) in [7, 11) is 4.13. The van der Waals surface area contributed by atoms with Gasteiger partial charge in [0.2, 0.25) is 5.91 Å². The molecule has 0 bridgehead atoms. The molecule has 1 amide bonds. The molecule has 1 saturated heterocycles. The third-order valence-corrected chi connectivity index (χ3v) is 3.40. The molecule has 1 atom stereocenters. The SMILES string of the molecule is COC(=O)Cc1c(C(=O)OC)nnn1C1CCN(C)C1=O. The minimum absolute atomic E-state index is 0.0785. The predicted molar refractivity (Wildman–Crippen MR) is 68.4 cm³/mol. The number of aromatic nitrogens is 3. The molecule has 1 unspecified atom stereocenters. The van der Waals surface area contributed by atoms with E-state index in [-0.39, 0.29) is 23.7 Å². The second kappa shape index (κ2) is 5.90. The van der Waals surface area contributed by atoms with E-state index in [1.165, 1.54) is 18.9 Å². The quantitative estimate of drug-likeness (QED) is 0.669. The lowest BCUT2D eigenvalue weighted by Gasteiger charge is -2.13. The fourth-order valence-corrected chi connectivity index (χ4v) is 2.22. The average molecular weight is 296 g/mol. The molecule has 114 valence electrons. The van der Waals surface area contributed by atoms with Crippen molar-refractivity contribution in [1.29, 1.82) is 0 Å². The number of carbonyl (C=O) groups excluding carboxylic acids is 3. The summed E-state index contributed by atoms with van der Waals surface area (Å²) in [6.45, 7) is 0.578. The van der Waals surface area contributed by atoms with Crippen LogP contribution in [0.15, 0.2) is 0 Å². The molecule has 0 saturated carbocycles. The van der Waals surface area contributed by atoms with Gasteiger partial charge in [-0.3, -0.25) is 9.59 Å². The maximum atomic E-state index is 12.1. The Morgan fingerprint density at radius 1 is 1.33 bits per heavy atom. The third kappa shape index (κ3) is 2.71. The number of likely N-dealkylation sites (tertiary alicyclic amines) is 1. The first-order chi connectivity index (χ1) is 9.99. The number of hydrogen-bond donors (Lipinski definition) is 0. The molecule has 1 aliphatic heterocycles. The van der Waals surface area contributed by atoms with Crippen LogP contribution in [-0.2, 0) is 25.5 Å². The summed E-state index contributed by atoms with van der Waals surface area (Å²) < 4.78 is 10.5. The van der Waals surface area contributed by atoms with E-state index in [2.05, 4.69) is 19.8 Å². The highest BCUT2D eigenvalue weighted by Crippen LogP contribution is 2.24. The Hall–Kier alpha value is -2.45. The van der Waals surface area contributed by atoms with Gasteiger partial charge in [-0.25, -0.2) is 9.48 Å². The molecule has 2 heterocycles. The van der Waals surface area contributed by atoms with Crippen LogP contribution in [0.4, 0.5) is 0 Å². The summed E-state index contributed by atoms with van der Waals surface area (Å²) in [4.78, 5) is 36.8. The largest absolute Gasteiger partial charge is 0.469 e. The third-order valence-electron chi connectivity index (χ3n) is 3.40. The summed E-state index contributed by atoms with van der Waals surface area (Å²) in [6.07, 6.45) is 0.328. The van der Waals surface area contributed by atoms with E-state index in [1.807, 2.05) is 0 Å². The lowest BCUT2D eigenvalue weighted by Crippen LogP contribution is -2.27. The molecule has 2 rings (SSSR count). The molecule has 0 spiro atoms. The van der Waals surface area contributed by atoms with Crippen LogP contribution >= 0.6 is 0 Å². The molecule has 1 aliphatic rings. The van der Waals surface area contributed by atoms with Gasteiger partial charge in [0.25, 0.3) is 0 Å². The van der Waals surface area contributed by atoms with Crippen LogP contribution in [0.5, 0.6) is 0 Å². The summed E-state index contributed by atoms with van der Waals surface area (Å²) in [5, 5.41) is 7.59. The van der Waals surface area contributed by atoms with Crippen molar-refractivity contribution >= 4 is 17.8 Å². The average Bonchev–Trinajstić information content (AvgIpc) is 3.03. The van der Waals surface area contributed by atoms with Gasteiger partial charge in [0.05, 0.1) is 26.3 Å². The number of carbonyl (C=O) groups is 3. The number of nitrogens with zero attached hydrogens (tertiary/aromatic N) is 4. The van der Waals surface area contributed by atoms with Gasteiger partial charge in [-0.1, -0.05) is 5.21 Å². The Kier molecular flexibility index (Phi) is 4.20. The van der Waals surface area contributed by atoms with E-state index >= 15 is 0 Å². The van der Waals surface area contributed by atoms with Crippen LogP contribution in [0.1, 0.15) is 28.6 Å². The summed E-state index contributed by atoms with van der Waals surface area (Å²) in [5.41, 5.74) is 0.146. The standard InChI is InChI=1S/C12H16N4O5/c1-15-5-4-7(11(15)18)16-8(6-9(17)20-2)10(13-14-16)12(19)21-3/h7H,4-6H2,1-3H3. The molecule has 9 heteroatoms. The van der Waals surface area contributed by atoms with Gasteiger partial charge in [-0.15, -0.1) is 5.10 Å². The molecule has 0 aliphatic carbocycles. The highest BCUT2D eigenvalue weighted by atomic mass is 16.5. The number of hydrogen-bond acceptors (Lipinski definition) is 7. The molecular formula is C12H16N4O5. The molecule has 0 aromatic carbocycles. The molecule has 0 radical (unpaired) electrons. The maximum absolute atomic E-state index is 12.1. The molecule has 9 nitrogen and oxygen atoms in total. The Balaban J connectivity index is 2.41. The highest BCUT2D eigenvalue weighted by molar-refractivity contribution is 5.90. The van der Waals surface area contributed by atoms with Crippen LogP contribution in [0.25, 0.3) is 0 Å². The molecule has 1 fully saturated rings. The fourth-order valence-electron chi connectivity index (χ4n) is 2.22. The van der Waals surface area contributed by atoms with E-state index in [4.69, 9.17) is 0 Å². The summed E-state index contributed by atoms with van der Waals surface area (Å²) in [5.74, 6) is -1.40. The summed E-state index contributed by atoms with van der Waals surface area (Å²) in [6, 6.07) is -0.569. The van der Waals surface area contributed by atoms with Crippen LogP contribution in [0.2, 0.25) is 0 Å². The summed E-state index contributed by atoms with van der Waals surface area (Å²) >= 11 is 0. The zero-order valence-electron chi connectivity index (χ0n) is 12.0. The number of rotatable bonds is 4. The Bertz CT molecular complexity index is 582. The molecule has 1 aromatic rings. The van der Waals surface area contributed by atoms with E-state index in [0.29, 0.717) is 13.0 Å². The van der Waals surface area contributed by atoms with E-state index in [9.17, 15) is 14.4 Å². The molecule has 0 N–H and O–H groups in total. The van der Waals surface area contributed by atoms with Crippen molar-refractivity contribution in [2.75, 3.05) is 27.8 Å². The van der Waals surface area contributed by atoms with Crippen molar-refractivity contribution in [3.05, 3.63) is 11.4 Å². The monoisotopic (exact) mass is 296 g/mol. The first-order valence-electron chi connectivity index (χ1n) is 6.33.